The van der Waals surface area contributed by atoms with Gasteiger partial charge in [0.05, 0.1) is 0 Å². The van der Waals surface area contributed by atoms with Crippen LogP contribution in [0.4, 0.5) is 0 Å². The summed E-state index contributed by atoms with van der Waals surface area (Å²) in [6.07, 6.45) is 6.40. The molecule has 0 spiro atoms. The van der Waals surface area contributed by atoms with Gasteiger partial charge in [-0.25, -0.2) is 0 Å². The van der Waals surface area contributed by atoms with Gasteiger partial charge in [0.25, 0.3) is 0 Å². The smallest absolute Gasteiger partial charge is 0.0355 e. The first-order valence-corrected chi connectivity index (χ1v) is 7.27. The van der Waals surface area contributed by atoms with Gasteiger partial charge in [0.15, 0.2) is 0 Å². The van der Waals surface area contributed by atoms with E-state index in [1.165, 1.54) is 19.8 Å². The fourth-order valence-corrected chi connectivity index (χ4v) is 3.17. The van der Waals surface area contributed by atoms with Gasteiger partial charge in [-0.2, -0.15) is 0 Å². The summed E-state index contributed by atoms with van der Waals surface area (Å²) in [6, 6.07) is 8.59. The Bertz CT molecular complexity index is 658. The van der Waals surface area contributed by atoms with Crippen molar-refractivity contribution < 1.29 is 0 Å². The number of rotatable bonds is 3. The Labute approximate surface area is 113 Å². The lowest BCUT2D eigenvalue weighted by molar-refractivity contribution is 0.528. The van der Waals surface area contributed by atoms with E-state index in [0.29, 0.717) is 11.8 Å². The molecule has 94 valence electrons. The van der Waals surface area contributed by atoms with E-state index in [9.17, 15) is 0 Å². The van der Waals surface area contributed by atoms with Gasteiger partial charge in [0, 0.05) is 14.6 Å². The monoisotopic (exact) mass is 256 g/mol. The van der Waals surface area contributed by atoms with Gasteiger partial charge in [-0.15, -0.1) is 11.3 Å². The summed E-state index contributed by atoms with van der Waals surface area (Å²) < 4.78 is 2.73. The molecule has 1 unspecified atom stereocenters. The van der Waals surface area contributed by atoms with Crippen LogP contribution in [0.25, 0.3) is 22.2 Å². The summed E-state index contributed by atoms with van der Waals surface area (Å²) in [7, 11) is 0. The molecule has 0 aliphatic rings. The van der Waals surface area contributed by atoms with Gasteiger partial charge in [-0.1, -0.05) is 63.8 Å². The zero-order valence-corrected chi connectivity index (χ0v) is 12.1. The van der Waals surface area contributed by atoms with E-state index in [0.717, 1.165) is 0 Å². The minimum absolute atomic E-state index is 0.593. The fourth-order valence-electron chi connectivity index (χ4n) is 1.93. The van der Waals surface area contributed by atoms with Crippen molar-refractivity contribution >= 4 is 33.6 Å². The second-order valence-electron chi connectivity index (χ2n) is 5.05. The van der Waals surface area contributed by atoms with Crippen LogP contribution in [0.1, 0.15) is 20.8 Å². The number of hydrogen-bond donors (Lipinski definition) is 0. The van der Waals surface area contributed by atoms with Crippen molar-refractivity contribution in [1.29, 1.82) is 0 Å². The summed E-state index contributed by atoms with van der Waals surface area (Å²) in [4.78, 5) is 0. The molecular weight excluding hydrogens is 236 g/mol. The van der Waals surface area contributed by atoms with Crippen LogP contribution in [-0.2, 0) is 0 Å². The Hall–Kier alpha value is -1.34. The number of thiophene rings is 1. The quantitative estimate of drug-likeness (QED) is 0.780. The second-order valence-corrected chi connectivity index (χ2v) is 6.13. The SMILES string of the molecule is C=C/C=c1\c(=C/C(C)C(C)C)sc2ccccc12. The average molecular weight is 256 g/mol. The van der Waals surface area contributed by atoms with E-state index in [2.05, 4.69) is 63.8 Å². The van der Waals surface area contributed by atoms with Crippen LogP contribution in [0.2, 0.25) is 0 Å². The Morgan fingerprint density at radius 1 is 1.17 bits per heavy atom. The van der Waals surface area contributed by atoms with Crippen LogP contribution >= 0.6 is 11.3 Å². The highest BCUT2D eigenvalue weighted by Gasteiger charge is 2.05. The van der Waals surface area contributed by atoms with E-state index in [1.807, 2.05) is 17.4 Å². The van der Waals surface area contributed by atoms with E-state index < -0.39 is 0 Å². The van der Waals surface area contributed by atoms with Gasteiger partial charge in [-0.3, -0.25) is 0 Å². The molecule has 1 aromatic carbocycles. The third-order valence-corrected chi connectivity index (χ3v) is 4.56. The third kappa shape index (κ3) is 2.56. The predicted octanol–water partition coefficient (Wildman–Crippen LogP) is 3.94. The highest BCUT2D eigenvalue weighted by molar-refractivity contribution is 7.17. The Morgan fingerprint density at radius 3 is 2.56 bits per heavy atom. The standard InChI is InChI=1S/C17H20S/c1-5-8-14-15-9-6-7-10-16(15)18-17(14)11-13(4)12(2)3/h5-13H,1H2,2-4H3/b14-8-,17-11+. The van der Waals surface area contributed by atoms with Crippen LogP contribution in [0, 0.1) is 11.8 Å². The molecule has 0 fully saturated rings. The molecule has 0 amide bonds. The van der Waals surface area contributed by atoms with E-state index in [1.54, 1.807) is 0 Å². The predicted molar refractivity (Wildman–Crippen MR) is 84.2 cm³/mol. The normalized spacial score (nSPS) is 15.6. The lowest BCUT2D eigenvalue weighted by Crippen LogP contribution is -2.20. The highest BCUT2D eigenvalue weighted by Crippen LogP contribution is 2.15. The summed E-state index contributed by atoms with van der Waals surface area (Å²) in [5, 5.41) is 2.66. The molecule has 0 saturated heterocycles. The lowest BCUT2D eigenvalue weighted by atomic mass is 9.98. The van der Waals surface area contributed by atoms with Gasteiger partial charge in [0.1, 0.15) is 0 Å². The number of benzene rings is 1. The molecule has 18 heavy (non-hydrogen) atoms. The molecule has 1 heterocycles. The van der Waals surface area contributed by atoms with Gasteiger partial charge < -0.3 is 0 Å². The van der Waals surface area contributed by atoms with Gasteiger partial charge >= 0.3 is 0 Å². The Balaban J connectivity index is 2.75. The Morgan fingerprint density at radius 2 is 1.89 bits per heavy atom. The molecule has 0 nitrogen and oxygen atoms in total. The van der Waals surface area contributed by atoms with Gasteiger partial charge in [0.2, 0.25) is 0 Å². The molecule has 1 aromatic heterocycles. The summed E-state index contributed by atoms with van der Waals surface area (Å²) in [6.45, 7) is 10.7. The summed E-state index contributed by atoms with van der Waals surface area (Å²) in [5.41, 5.74) is 0. The lowest BCUT2D eigenvalue weighted by Gasteiger charge is -2.08. The first-order valence-electron chi connectivity index (χ1n) is 6.45. The molecule has 0 aliphatic heterocycles. The molecule has 0 radical (unpaired) electrons. The van der Waals surface area contributed by atoms with E-state index in [4.69, 9.17) is 0 Å². The molecular formula is C17H20S. The van der Waals surface area contributed by atoms with E-state index >= 15 is 0 Å². The van der Waals surface area contributed by atoms with Crippen molar-refractivity contribution in [2.24, 2.45) is 11.8 Å². The maximum absolute atomic E-state index is 3.83. The van der Waals surface area contributed by atoms with Gasteiger partial charge in [-0.05, 0) is 23.1 Å². The largest absolute Gasteiger partial charge is 0.136 e. The number of fused-ring (bicyclic) bond motifs is 1. The van der Waals surface area contributed by atoms with Crippen LogP contribution in [0.15, 0.2) is 36.9 Å². The van der Waals surface area contributed by atoms with Crippen molar-refractivity contribution in [3.05, 3.63) is 46.7 Å². The minimum Gasteiger partial charge on any atom is -0.136 e. The molecule has 0 saturated carbocycles. The zero-order valence-electron chi connectivity index (χ0n) is 11.3. The fraction of sp³-hybridized carbons (Fsp3) is 0.294. The second kappa shape index (κ2) is 5.53. The first-order chi connectivity index (χ1) is 8.63. The first kappa shape index (κ1) is 13.1. The van der Waals surface area contributed by atoms with Crippen molar-refractivity contribution in [3.63, 3.8) is 0 Å². The maximum atomic E-state index is 3.83. The molecule has 1 atom stereocenters. The van der Waals surface area contributed by atoms with Crippen molar-refractivity contribution in [2.75, 3.05) is 0 Å². The van der Waals surface area contributed by atoms with Crippen LogP contribution in [0.5, 0.6) is 0 Å². The van der Waals surface area contributed by atoms with Crippen molar-refractivity contribution in [3.8, 4) is 0 Å². The number of hydrogen-bond acceptors (Lipinski definition) is 1. The minimum atomic E-state index is 0.593. The zero-order chi connectivity index (χ0) is 13.1. The molecule has 0 N–H and O–H groups in total. The van der Waals surface area contributed by atoms with Crippen LogP contribution in [-0.4, -0.2) is 0 Å². The molecule has 1 heteroatoms. The van der Waals surface area contributed by atoms with Crippen molar-refractivity contribution in [2.45, 2.75) is 20.8 Å². The molecule has 0 bridgehead atoms. The molecule has 0 aliphatic carbocycles. The third-order valence-electron chi connectivity index (χ3n) is 3.41. The Kier molecular flexibility index (Phi) is 4.03. The van der Waals surface area contributed by atoms with Crippen LogP contribution in [0.3, 0.4) is 0 Å². The molecule has 2 aromatic rings. The topological polar surface area (TPSA) is 0 Å². The van der Waals surface area contributed by atoms with E-state index in [-0.39, 0.29) is 0 Å². The molecule has 2 rings (SSSR count). The van der Waals surface area contributed by atoms with Crippen molar-refractivity contribution in [1.82, 2.24) is 0 Å². The number of allylic oxidation sites excluding steroid dienone is 1. The maximum Gasteiger partial charge on any atom is 0.0355 e. The summed E-state index contributed by atoms with van der Waals surface area (Å²) >= 11 is 1.87. The average Bonchev–Trinajstić information content (AvgIpc) is 2.68. The highest BCUT2D eigenvalue weighted by atomic mass is 32.1. The summed E-state index contributed by atoms with van der Waals surface area (Å²) in [5.74, 6) is 1.27. The van der Waals surface area contributed by atoms with Crippen LogP contribution < -0.4 is 9.75 Å².